The van der Waals surface area contributed by atoms with Crippen molar-refractivity contribution in [2.75, 3.05) is 10.6 Å². The molecular weight excluding hydrogens is 385 g/mol. The fraction of sp³-hybridized carbons (Fsp3) is 0. The van der Waals surface area contributed by atoms with Crippen molar-refractivity contribution in [3.63, 3.8) is 0 Å². The standard InChI is InChI=1S/C20H13Cl2N3O2/c21-16-8-7-13(9-17(16)22)24-11-12(10-23)20(27)25-18-5-1-4-15-14(18)3-2-6-19(15)26/h1-9,11,24,26H,(H,25,27)/b12-11-. The lowest BCUT2D eigenvalue weighted by Gasteiger charge is -2.09. The number of nitriles is 1. The summed E-state index contributed by atoms with van der Waals surface area (Å²) in [6, 6.07) is 16.9. The first-order valence-corrected chi connectivity index (χ1v) is 8.59. The second-order valence-corrected chi connectivity index (χ2v) is 6.39. The van der Waals surface area contributed by atoms with Crippen LogP contribution in [0.4, 0.5) is 11.4 Å². The van der Waals surface area contributed by atoms with Crippen LogP contribution in [0.25, 0.3) is 10.8 Å². The molecule has 3 aromatic carbocycles. The molecule has 0 saturated heterocycles. The van der Waals surface area contributed by atoms with Crippen LogP contribution in [0.5, 0.6) is 5.75 Å². The van der Waals surface area contributed by atoms with Gasteiger partial charge in [-0.15, -0.1) is 0 Å². The maximum atomic E-state index is 12.5. The summed E-state index contributed by atoms with van der Waals surface area (Å²) in [7, 11) is 0. The van der Waals surface area contributed by atoms with Gasteiger partial charge in [0.05, 0.1) is 10.0 Å². The second-order valence-electron chi connectivity index (χ2n) is 5.57. The van der Waals surface area contributed by atoms with Gasteiger partial charge in [-0.25, -0.2) is 0 Å². The maximum Gasteiger partial charge on any atom is 0.267 e. The minimum atomic E-state index is -0.582. The van der Waals surface area contributed by atoms with Crippen molar-refractivity contribution in [1.29, 1.82) is 5.26 Å². The molecule has 134 valence electrons. The molecule has 0 aromatic heterocycles. The molecule has 0 heterocycles. The number of nitrogens with one attached hydrogen (secondary N) is 2. The number of hydrogen-bond acceptors (Lipinski definition) is 4. The summed E-state index contributed by atoms with van der Waals surface area (Å²) in [6.45, 7) is 0. The number of hydrogen-bond donors (Lipinski definition) is 3. The van der Waals surface area contributed by atoms with Crippen LogP contribution in [-0.4, -0.2) is 11.0 Å². The smallest absolute Gasteiger partial charge is 0.267 e. The summed E-state index contributed by atoms with van der Waals surface area (Å²) < 4.78 is 0. The van der Waals surface area contributed by atoms with Crippen molar-refractivity contribution in [1.82, 2.24) is 0 Å². The van der Waals surface area contributed by atoms with E-state index in [1.807, 2.05) is 6.07 Å². The van der Waals surface area contributed by atoms with E-state index in [0.717, 1.165) is 0 Å². The van der Waals surface area contributed by atoms with E-state index in [0.29, 0.717) is 32.2 Å². The van der Waals surface area contributed by atoms with Gasteiger partial charge in [-0.1, -0.05) is 47.5 Å². The molecule has 0 aliphatic heterocycles. The number of benzene rings is 3. The van der Waals surface area contributed by atoms with Crippen molar-refractivity contribution < 1.29 is 9.90 Å². The molecule has 0 saturated carbocycles. The van der Waals surface area contributed by atoms with Crippen LogP contribution in [0, 0.1) is 11.3 Å². The number of halogens is 2. The molecule has 0 bridgehead atoms. The van der Waals surface area contributed by atoms with Crippen LogP contribution in [-0.2, 0) is 4.79 Å². The van der Waals surface area contributed by atoms with Gasteiger partial charge in [0.25, 0.3) is 5.91 Å². The Bertz CT molecular complexity index is 1100. The van der Waals surface area contributed by atoms with Gasteiger partial charge < -0.3 is 15.7 Å². The first kappa shape index (κ1) is 18.6. The lowest BCUT2D eigenvalue weighted by Crippen LogP contribution is -2.14. The van der Waals surface area contributed by atoms with Gasteiger partial charge in [-0.2, -0.15) is 5.26 Å². The number of phenolic OH excluding ortho intramolecular Hbond substituents is 1. The molecule has 0 atom stereocenters. The fourth-order valence-electron chi connectivity index (χ4n) is 2.48. The Labute approximate surface area is 165 Å². The third-order valence-corrected chi connectivity index (χ3v) is 4.55. The van der Waals surface area contributed by atoms with Crippen LogP contribution in [0.1, 0.15) is 0 Å². The minimum Gasteiger partial charge on any atom is -0.507 e. The van der Waals surface area contributed by atoms with Gasteiger partial charge in [-0.3, -0.25) is 4.79 Å². The predicted octanol–water partition coefficient (Wildman–Crippen LogP) is 5.31. The number of fused-ring (bicyclic) bond motifs is 1. The van der Waals surface area contributed by atoms with Gasteiger partial charge in [0.2, 0.25) is 0 Å². The van der Waals surface area contributed by atoms with Gasteiger partial charge in [-0.05, 0) is 30.3 Å². The van der Waals surface area contributed by atoms with E-state index in [1.165, 1.54) is 6.20 Å². The monoisotopic (exact) mass is 397 g/mol. The summed E-state index contributed by atoms with van der Waals surface area (Å²) in [5.41, 5.74) is 0.947. The molecule has 3 N–H and O–H groups in total. The Morgan fingerprint density at radius 2 is 1.78 bits per heavy atom. The van der Waals surface area contributed by atoms with Crippen molar-refractivity contribution in [2.24, 2.45) is 0 Å². The topological polar surface area (TPSA) is 85.2 Å². The Morgan fingerprint density at radius 1 is 1.04 bits per heavy atom. The molecule has 1 amide bonds. The van der Waals surface area contributed by atoms with E-state index in [4.69, 9.17) is 23.2 Å². The third kappa shape index (κ3) is 4.14. The number of anilines is 2. The zero-order valence-electron chi connectivity index (χ0n) is 13.8. The van der Waals surface area contributed by atoms with Crippen molar-refractivity contribution in [2.45, 2.75) is 0 Å². The Hall–Kier alpha value is -3.20. The molecule has 0 fully saturated rings. The normalized spacial score (nSPS) is 11.1. The van der Waals surface area contributed by atoms with E-state index in [2.05, 4.69) is 10.6 Å². The highest BCUT2D eigenvalue weighted by atomic mass is 35.5. The highest BCUT2D eigenvalue weighted by molar-refractivity contribution is 6.42. The third-order valence-electron chi connectivity index (χ3n) is 3.82. The molecule has 0 aliphatic rings. The van der Waals surface area contributed by atoms with Crippen LogP contribution in [0.3, 0.4) is 0 Å². The Kier molecular flexibility index (Phi) is 5.51. The summed E-state index contributed by atoms with van der Waals surface area (Å²) in [4.78, 5) is 12.5. The molecule has 0 aliphatic carbocycles. The Balaban J connectivity index is 1.83. The van der Waals surface area contributed by atoms with Gasteiger partial charge >= 0.3 is 0 Å². The van der Waals surface area contributed by atoms with Crippen LogP contribution < -0.4 is 10.6 Å². The number of amides is 1. The van der Waals surface area contributed by atoms with Gasteiger partial charge in [0.1, 0.15) is 17.4 Å². The number of carbonyl (C=O) groups is 1. The van der Waals surface area contributed by atoms with E-state index in [9.17, 15) is 15.2 Å². The number of nitrogens with zero attached hydrogens (tertiary/aromatic N) is 1. The van der Waals surface area contributed by atoms with Crippen LogP contribution in [0.2, 0.25) is 10.0 Å². The van der Waals surface area contributed by atoms with E-state index in [-0.39, 0.29) is 11.3 Å². The Morgan fingerprint density at radius 3 is 2.52 bits per heavy atom. The molecule has 3 rings (SSSR count). The van der Waals surface area contributed by atoms with Gasteiger partial charge in [0, 0.05) is 28.3 Å². The predicted molar refractivity (Wildman–Crippen MR) is 108 cm³/mol. The average Bonchev–Trinajstić information content (AvgIpc) is 2.66. The zero-order valence-corrected chi connectivity index (χ0v) is 15.3. The molecule has 0 unspecified atom stereocenters. The largest absolute Gasteiger partial charge is 0.507 e. The number of rotatable bonds is 4. The number of aromatic hydroxyl groups is 1. The number of phenols is 1. The highest BCUT2D eigenvalue weighted by Crippen LogP contribution is 2.30. The quantitative estimate of drug-likeness (QED) is 0.411. The van der Waals surface area contributed by atoms with E-state index < -0.39 is 5.91 Å². The molecule has 7 heteroatoms. The van der Waals surface area contributed by atoms with Gasteiger partial charge in [0.15, 0.2) is 0 Å². The van der Waals surface area contributed by atoms with E-state index in [1.54, 1.807) is 54.6 Å². The lowest BCUT2D eigenvalue weighted by molar-refractivity contribution is -0.112. The second kappa shape index (κ2) is 8.00. The highest BCUT2D eigenvalue weighted by Gasteiger charge is 2.12. The molecule has 0 radical (unpaired) electrons. The fourth-order valence-corrected chi connectivity index (χ4v) is 2.78. The van der Waals surface area contributed by atoms with Crippen LogP contribution >= 0.6 is 23.2 Å². The SMILES string of the molecule is N#C/C(=C/Nc1ccc(Cl)c(Cl)c1)C(=O)Nc1cccc2c(O)cccc12. The molecule has 3 aromatic rings. The minimum absolute atomic E-state index is 0.112. The maximum absolute atomic E-state index is 12.5. The summed E-state index contributed by atoms with van der Waals surface area (Å²) in [5.74, 6) is -0.471. The first-order valence-electron chi connectivity index (χ1n) is 7.83. The molecule has 0 spiro atoms. The first-order chi connectivity index (χ1) is 13.0. The molecular formula is C20H13Cl2N3O2. The van der Waals surface area contributed by atoms with E-state index >= 15 is 0 Å². The van der Waals surface area contributed by atoms with Crippen LogP contribution in [0.15, 0.2) is 66.4 Å². The van der Waals surface area contributed by atoms with Crippen molar-refractivity contribution >= 4 is 51.3 Å². The van der Waals surface area contributed by atoms with Crippen molar-refractivity contribution in [3.05, 3.63) is 76.4 Å². The molecule has 27 heavy (non-hydrogen) atoms. The summed E-state index contributed by atoms with van der Waals surface area (Å²) >= 11 is 11.8. The molecule has 5 nitrogen and oxygen atoms in total. The van der Waals surface area contributed by atoms with Crippen molar-refractivity contribution in [3.8, 4) is 11.8 Å². The number of carbonyl (C=O) groups excluding carboxylic acids is 1. The lowest BCUT2D eigenvalue weighted by atomic mass is 10.1. The average molecular weight is 398 g/mol. The summed E-state index contributed by atoms with van der Waals surface area (Å²) in [6.07, 6.45) is 1.29. The summed E-state index contributed by atoms with van der Waals surface area (Å²) in [5, 5.41) is 26.8. The zero-order chi connectivity index (χ0) is 19.4.